The summed E-state index contributed by atoms with van der Waals surface area (Å²) in [6.45, 7) is 9.13. The molecule has 0 bridgehead atoms. The van der Waals surface area contributed by atoms with Crippen LogP contribution in [0.4, 0.5) is 0 Å². The van der Waals surface area contributed by atoms with Crippen molar-refractivity contribution in [3.05, 3.63) is 35.4 Å². The fourth-order valence-electron chi connectivity index (χ4n) is 5.06. The number of rotatable bonds is 2. The molecule has 3 atom stereocenters. The Labute approximate surface area is 117 Å². The third-order valence-electron chi connectivity index (χ3n) is 6.13. The van der Waals surface area contributed by atoms with E-state index >= 15 is 0 Å². The maximum absolute atomic E-state index is 10.7. The minimum absolute atomic E-state index is 0.111. The van der Waals surface area contributed by atoms with Gasteiger partial charge >= 0.3 is 0 Å². The zero-order chi connectivity index (χ0) is 13.8. The van der Waals surface area contributed by atoms with Gasteiger partial charge in [0.15, 0.2) is 0 Å². The van der Waals surface area contributed by atoms with Gasteiger partial charge in [0.2, 0.25) is 0 Å². The fourth-order valence-corrected chi connectivity index (χ4v) is 5.06. The molecule has 1 fully saturated rings. The molecule has 19 heavy (non-hydrogen) atoms. The Balaban J connectivity index is 2.13. The van der Waals surface area contributed by atoms with Gasteiger partial charge in [-0.15, -0.1) is 0 Å². The van der Waals surface area contributed by atoms with Gasteiger partial charge in [0.05, 0.1) is 6.10 Å². The zero-order valence-electron chi connectivity index (χ0n) is 12.6. The smallest absolute Gasteiger partial charge is 0.0636 e. The highest BCUT2D eigenvalue weighted by molar-refractivity contribution is 5.44. The van der Waals surface area contributed by atoms with Gasteiger partial charge in [0, 0.05) is 5.41 Å². The van der Waals surface area contributed by atoms with Gasteiger partial charge in [-0.1, -0.05) is 52.0 Å². The molecule has 1 aromatic rings. The van der Waals surface area contributed by atoms with Crippen LogP contribution >= 0.6 is 0 Å². The number of fused-ring (bicyclic) bond motifs is 3. The van der Waals surface area contributed by atoms with Crippen molar-refractivity contribution in [2.24, 2.45) is 11.3 Å². The fraction of sp³-hybridized carbons (Fsp3) is 0.667. The molecule has 1 heteroatoms. The summed E-state index contributed by atoms with van der Waals surface area (Å²) in [6.07, 6.45) is 3.18. The largest absolute Gasteiger partial charge is 0.392 e. The molecule has 2 aliphatic carbocycles. The van der Waals surface area contributed by atoms with E-state index in [0.717, 1.165) is 19.3 Å². The van der Waals surface area contributed by atoms with Crippen LogP contribution in [0.15, 0.2) is 24.3 Å². The molecule has 0 spiro atoms. The van der Waals surface area contributed by atoms with Crippen molar-refractivity contribution in [1.82, 2.24) is 0 Å². The second-order valence-corrected chi connectivity index (χ2v) is 7.20. The first kappa shape index (κ1) is 13.2. The second-order valence-electron chi connectivity index (χ2n) is 7.20. The zero-order valence-corrected chi connectivity index (χ0v) is 12.6. The van der Waals surface area contributed by atoms with Crippen molar-refractivity contribution < 1.29 is 5.11 Å². The molecule has 0 saturated heterocycles. The Morgan fingerprint density at radius 3 is 2.42 bits per heavy atom. The predicted octanol–water partition coefficient (Wildman–Crippen LogP) is 4.25. The molecule has 3 unspecified atom stereocenters. The van der Waals surface area contributed by atoms with Crippen LogP contribution in [0.3, 0.4) is 0 Å². The molecule has 2 aliphatic rings. The lowest BCUT2D eigenvalue weighted by molar-refractivity contribution is -0.162. The molecule has 0 amide bonds. The number of benzene rings is 1. The Morgan fingerprint density at radius 2 is 1.79 bits per heavy atom. The minimum Gasteiger partial charge on any atom is -0.392 e. The van der Waals surface area contributed by atoms with E-state index in [1.54, 1.807) is 0 Å². The van der Waals surface area contributed by atoms with E-state index in [2.05, 4.69) is 52.0 Å². The summed E-state index contributed by atoms with van der Waals surface area (Å²) in [5.74, 6) is 1.03. The average Bonchev–Trinajstić information content (AvgIpc) is 2.41. The van der Waals surface area contributed by atoms with Gasteiger partial charge in [-0.25, -0.2) is 0 Å². The van der Waals surface area contributed by atoms with E-state index in [1.807, 2.05) is 0 Å². The van der Waals surface area contributed by atoms with Crippen LogP contribution in [-0.2, 0) is 5.41 Å². The lowest BCUT2D eigenvalue weighted by Crippen LogP contribution is -2.62. The van der Waals surface area contributed by atoms with Crippen LogP contribution in [0.25, 0.3) is 0 Å². The van der Waals surface area contributed by atoms with Crippen LogP contribution in [0.2, 0.25) is 0 Å². The van der Waals surface area contributed by atoms with Crippen LogP contribution in [-0.4, -0.2) is 11.2 Å². The molecule has 1 aromatic carbocycles. The lowest BCUT2D eigenvalue weighted by Gasteiger charge is -2.64. The molecule has 3 rings (SSSR count). The van der Waals surface area contributed by atoms with Gasteiger partial charge < -0.3 is 5.11 Å². The second kappa shape index (κ2) is 4.09. The Hall–Kier alpha value is -0.820. The van der Waals surface area contributed by atoms with Gasteiger partial charge in [0.1, 0.15) is 0 Å². The van der Waals surface area contributed by atoms with Crippen molar-refractivity contribution in [3.63, 3.8) is 0 Å². The Bertz CT molecular complexity index is 484. The maximum Gasteiger partial charge on any atom is 0.0636 e. The lowest BCUT2D eigenvalue weighted by atomic mass is 9.42. The van der Waals surface area contributed by atoms with Crippen molar-refractivity contribution in [2.45, 2.75) is 64.4 Å². The monoisotopic (exact) mass is 258 g/mol. The number of hydrogen-bond acceptors (Lipinski definition) is 1. The van der Waals surface area contributed by atoms with E-state index in [-0.39, 0.29) is 16.9 Å². The molecule has 0 aromatic heterocycles. The number of aliphatic hydroxyl groups is 1. The quantitative estimate of drug-likeness (QED) is 0.841. The molecular formula is C18H26O. The van der Waals surface area contributed by atoms with E-state index in [4.69, 9.17) is 0 Å². The summed E-state index contributed by atoms with van der Waals surface area (Å²) in [6, 6.07) is 8.93. The Morgan fingerprint density at radius 1 is 1.16 bits per heavy atom. The molecular weight excluding hydrogens is 232 g/mol. The van der Waals surface area contributed by atoms with Crippen LogP contribution < -0.4 is 0 Å². The number of hydrogen-bond donors (Lipinski definition) is 1. The van der Waals surface area contributed by atoms with Crippen molar-refractivity contribution in [3.8, 4) is 0 Å². The molecule has 0 aliphatic heterocycles. The van der Waals surface area contributed by atoms with E-state index in [1.165, 1.54) is 11.1 Å². The predicted molar refractivity (Wildman–Crippen MR) is 79.3 cm³/mol. The molecule has 1 N–H and O–H groups in total. The van der Waals surface area contributed by atoms with Crippen molar-refractivity contribution >= 4 is 0 Å². The summed E-state index contributed by atoms with van der Waals surface area (Å²) in [4.78, 5) is 0. The van der Waals surface area contributed by atoms with Gasteiger partial charge in [-0.05, 0) is 47.6 Å². The van der Waals surface area contributed by atoms with Gasteiger partial charge in [0.25, 0.3) is 0 Å². The summed E-state index contributed by atoms with van der Waals surface area (Å²) < 4.78 is 0. The van der Waals surface area contributed by atoms with E-state index < -0.39 is 0 Å². The van der Waals surface area contributed by atoms with Crippen LogP contribution in [0.5, 0.6) is 0 Å². The third kappa shape index (κ3) is 1.51. The highest BCUT2D eigenvalue weighted by Crippen LogP contribution is 2.66. The van der Waals surface area contributed by atoms with Crippen LogP contribution in [0, 0.1) is 11.3 Å². The van der Waals surface area contributed by atoms with Crippen molar-refractivity contribution in [2.75, 3.05) is 0 Å². The van der Waals surface area contributed by atoms with Crippen molar-refractivity contribution in [1.29, 1.82) is 0 Å². The average molecular weight is 258 g/mol. The standard InChI is InChI=1S/C18H26O/c1-5-18(6-2)15-12-9-7-8-10-14(12)17(3,4)11-13(15)16(18)19/h7-10,13,15-16,19H,5-6,11H2,1-4H3. The highest BCUT2D eigenvalue weighted by atomic mass is 16.3. The van der Waals surface area contributed by atoms with Gasteiger partial charge in [-0.2, -0.15) is 0 Å². The Kier molecular flexibility index (Phi) is 2.83. The maximum atomic E-state index is 10.7. The van der Waals surface area contributed by atoms with E-state index in [0.29, 0.717) is 11.8 Å². The topological polar surface area (TPSA) is 20.2 Å². The van der Waals surface area contributed by atoms with Crippen LogP contribution in [0.1, 0.15) is 64.0 Å². The summed E-state index contributed by atoms with van der Waals surface area (Å²) in [5, 5.41) is 10.7. The van der Waals surface area contributed by atoms with E-state index in [9.17, 15) is 5.11 Å². The summed E-state index contributed by atoms with van der Waals surface area (Å²) in [7, 11) is 0. The first-order chi connectivity index (χ1) is 8.98. The number of aliphatic hydroxyl groups excluding tert-OH is 1. The first-order valence-corrected chi connectivity index (χ1v) is 7.75. The SMILES string of the molecule is CCC1(CC)C(O)C2CC(C)(C)c3ccccc3C21. The minimum atomic E-state index is -0.111. The molecule has 1 nitrogen and oxygen atoms in total. The molecule has 104 valence electrons. The molecule has 0 radical (unpaired) electrons. The van der Waals surface area contributed by atoms with Gasteiger partial charge in [-0.3, -0.25) is 0 Å². The molecule has 0 heterocycles. The molecule has 1 saturated carbocycles. The first-order valence-electron chi connectivity index (χ1n) is 7.75. The highest BCUT2D eigenvalue weighted by Gasteiger charge is 2.62. The third-order valence-corrected chi connectivity index (χ3v) is 6.13. The summed E-state index contributed by atoms with van der Waals surface area (Å²) in [5.41, 5.74) is 3.34. The normalized spacial score (nSPS) is 34.1. The summed E-state index contributed by atoms with van der Waals surface area (Å²) >= 11 is 0.